The minimum atomic E-state index is -0.0331. The Labute approximate surface area is 101 Å². The van der Waals surface area contributed by atoms with Gasteiger partial charge in [0.05, 0.1) is 17.3 Å². The van der Waals surface area contributed by atoms with Crippen molar-refractivity contribution in [3.05, 3.63) is 41.6 Å². The van der Waals surface area contributed by atoms with Crippen LogP contribution in [0.3, 0.4) is 0 Å². The molecule has 3 heteroatoms. The zero-order valence-electron chi connectivity index (χ0n) is 10.2. The fraction of sp³-hybridized carbons (Fsp3) is 0.286. The van der Waals surface area contributed by atoms with Gasteiger partial charge < -0.3 is 4.52 Å². The standard InChI is InChI=1S/C14H14N2O/c1-14(2,3)13-8-12(17-16-13)11-6-4-5-10(7-11)9-15/h4-8H,1-3H3. The van der Waals surface area contributed by atoms with E-state index in [1.165, 1.54) is 0 Å². The number of benzene rings is 1. The van der Waals surface area contributed by atoms with Gasteiger partial charge in [-0.15, -0.1) is 0 Å². The summed E-state index contributed by atoms with van der Waals surface area (Å²) >= 11 is 0. The maximum atomic E-state index is 8.85. The molecule has 0 saturated carbocycles. The van der Waals surface area contributed by atoms with Crippen LogP contribution >= 0.6 is 0 Å². The Hall–Kier alpha value is -2.08. The van der Waals surface area contributed by atoms with Crippen LogP contribution < -0.4 is 0 Å². The second kappa shape index (κ2) is 4.06. The molecule has 2 rings (SSSR count). The zero-order chi connectivity index (χ0) is 12.5. The first kappa shape index (κ1) is 11.4. The van der Waals surface area contributed by atoms with E-state index in [-0.39, 0.29) is 5.41 Å². The molecule has 1 aromatic heterocycles. The Balaban J connectivity index is 2.41. The van der Waals surface area contributed by atoms with E-state index < -0.39 is 0 Å². The van der Waals surface area contributed by atoms with Gasteiger partial charge in [0, 0.05) is 17.0 Å². The van der Waals surface area contributed by atoms with Crippen LogP contribution in [0, 0.1) is 11.3 Å². The summed E-state index contributed by atoms with van der Waals surface area (Å²) in [4.78, 5) is 0. The Kier molecular flexibility index (Phi) is 2.72. The van der Waals surface area contributed by atoms with Gasteiger partial charge >= 0.3 is 0 Å². The molecule has 0 aliphatic rings. The topological polar surface area (TPSA) is 49.8 Å². The molecular weight excluding hydrogens is 212 g/mol. The van der Waals surface area contributed by atoms with Crippen LogP contribution in [-0.4, -0.2) is 5.16 Å². The minimum absolute atomic E-state index is 0.0331. The molecule has 3 nitrogen and oxygen atoms in total. The first-order valence-corrected chi connectivity index (χ1v) is 5.48. The van der Waals surface area contributed by atoms with Gasteiger partial charge in [-0.1, -0.05) is 38.1 Å². The molecule has 86 valence electrons. The van der Waals surface area contributed by atoms with Crippen LogP contribution in [0.5, 0.6) is 0 Å². The quantitative estimate of drug-likeness (QED) is 0.747. The summed E-state index contributed by atoms with van der Waals surface area (Å²) in [5, 5.41) is 12.9. The highest BCUT2D eigenvalue weighted by Crippen LogP contribution is 2.27. The van der Waals surface area contributed by atoms with E-state index in [1.54, 1.807) is 12.1 Å². The van der Waals surface area contributed by atoms with Gasteiger partial charge in [-0.3, -0.25) is 0 Å². The van der Waals surface area contributed by atoms with Crippen molar-refractivity contribution in [3.8, 4) is 17.4 Å². The van der Waals surface area contributed by atoms with E-state index in [1.807, 2.05) is 18.2 Å². The minimum Gasteiger partial charge on any atom is -0.356 e. The molecule has 0 spiro atoms. The third-order valence-corrected chi connectivity index (χ3v) is 2.55. The van der Waals surface area contributed by atoms with Gasteiger partial charge in [-0.25, -0.2) is 0 Å². The molecule has 0 atom stereocenters. The number of nitrogens with zero attached hydrogens (tertiary/aromatic N) is 2. The van der Waals surface area contributed by atoms with Crippen molar-refractivity contribution in [2.24, 2.45) is 0 Å². The van der Waals surface area contributed by atoms with E-state index in [0.29, 0.717) is 11.3 Å². The van der Waals surface area contributed by atoms with Crippen LogP contribution in [0.25, 0.3) is 11.3 Å². The smallest absolute Gasteiger partial charge is 0.167 e. The average molecular weight is 226 g/mol. The van der Waals surface area contributed by atoms with E-state index >= 15 is 0 Å². The van der Waals surface area contributed by atoms with Gasteiger partial charge in [-0.2, -0.15) is 5.26 Å². The molecule has 0 aliphatic carbocycles. The first-order chi connectivity index (χ1) is 8.00. The van der Waals surface area contributed by atoms with Crippen molar-refractivity contribution >= 4 is 0 Å². The number of hydrogen-bond donors (Lipinski definition) is 0. The number of nitriles is 1. The first-order valence-electron chi connectivity index (χ1n) is 5.48. The van der Waals surface area contributed by atoms with Crippen LogP contribution in [0.15, 0.2) is 34.9 Å². The summed E-state index contributed by atoms with van der Waals surface area (Å²) in [7, 11) is 0. The molecule has 1 heterocycles. The second-order valence-electron chi connectivity index (χ2n) is 5.02. The van der Waals surface area contributed by atoms with Crippen LogP contribution in [0.2, 0.25) is 0 Å². The Morgan fingerprint density at radius 3 is 2.59 bits per heavy atom. The van der Waals surface area contributed by atoms with Crippen molar-refractivity contribution in [1.29, 1.82) is 5.26 Å². The van der Waals surface area contributed by atoms with Crippen LogP contribution in [0.1, 0.15) is 32.0 Å². The van der Waals surface area contributed by atoms with E-state index in [4.69, 9.17) is 9.78 Å². The molecule has 0 unspecified atom stereocenters. The van der Waals surface area contributed by atoms with E-state index in [9.17, 15) is 0 Å². The Morgan fingerprint density at radius 2 is 2.00 bits per heavy atom. The maximum Gasteiger partial charge on any atom is 0.167 e. The van der Waals surface area contributed by atoms with Crippen LogP contribution in [-0.2, 0) is 5.41 Å². The van der Waals surface area contributed by atoms with E-state index in [2.05, 4.69) is 32.0 Å². The van der Waals surface area contributed by atoms with Gasteiger partial charge in [-0.05, 0) is 12.1 Å². The van der Waals surface area contributed by atoms with Crippen molar-refractivity contribution in [1.82, 2.24) is 5.16 Å². The molecule has 1 aromatic carbocycles. The molecule has 0 aliphatic heterocycles. The third-order valence-electron chi connectivity index (χ3n) is 2.55. The summed E-state index contributed by atoms with van der Waals surface area (Å²) in [5.41, 5.74) is 2.38. The molecule has 0 radical (unpaired) electrons. The summed E-state index contributed by atoms with van der Waals surface area (Å²) in [6.07, 6.45) is 0. The lowest BCUT2D eigenvalue weighted by Gasteiger charge is -2.12. The SMILES string of the molecule is CC(C)(C)c1cc(-c2cccc(C#N)c2)on1. The molecular formula is C14H14N2O. The molecule has 0 amide bonds. The highest BCUT2D eigenvalue weighted by atomic mass is 16.5. The van der Waals surface area contributed by atoms with Crippen molar-refractivity contribution in [2.75, 3.05) is 0 Å². The maximum absolute atomic E-state index is 8.85. The fourth-order valence-electron chi connectivity index (χ4n) is 1.51. The molecule has 17 heavy (non-hydrogen) atoms. The lowest BCUT2D eigenvalue weighted by molar-refractivity contribution is 0.402. The molecule has 0 saturated heterocycles. The predicted octanol–water partition coefficient (Wildman–Crippen LogP) is 3.51. The number of hydrogen-bond acceptors (Lipinski definition) is 3. The van der Waals surface area contributed by atoms with Gasteiger partial charge in [0.15, 0.2) is 5.76 Å². The molecule has 0 N–H and O–H groups in total. The molecule has 0 fully saturated rings. The normalized spacial score (nSPS) is 11.2. The summed E-state index contributed by atoms with van der Waals surface area (Å²) < 4.78 is 5.32. The zero-order valence-corrected chi connectivity index (χ0v) is 10.2. The molecule has 0 bridgehead atoms. The summed E-state index contributed by atoms with van der Waals surface area (Å²) in [6.45, 7) is 6.25. The Bertz CT molecular complexity index is 570. The predicted molar refractivity (Wildman–Crippen MR) is 65.4 cm³/mol. The van der Waals surface area contributed by atoms with E-state index in [0.717, 1.165) is 11.3 Å². The Morgan fingerprint density at radius 1 is 1.24 bits per heavy atom. The average Bonchev–Trinajstić information content (AvgIpc) is 2.78. The van der Waals surface area contributed by atoms with Crippen molar-refractivity contribution in [2.45, 2.75) is 26.2 Å². The summed E-state index contributed by atoms with van der Waals surface area (Å²) in [6, 6.07) is 11.4. The molecule has 2 aromatic rings. The second-order valence-corrected chi connectivity index (χ2v) is 5.02. The lowest BCUT2D eigenvalue weighted by atomic mass is 9.92. The number of rotatable bonds is 1. The van der Waals surface area contributed by atoms with Gasteiger partial charge in [0.2, 0.25) is 0 Å². The highest BCUT2D eigenvalue weighted by Gasteiger charge is 2.19. The van der Waals surface area contributed by atoms with Gasteiger partial charge in [0.1, 0.15) is 0 Å². The lowest BCUT2D eigenvalue weighted by Crippen LogP contribution is -2.10. The van der Waals surface area contributed by atoms with Crippen molar-refractivity contribution in [3.63, 3.8) is 0 Å². The highest BCUT2D eigenvalue weighted by molar-refractivity contribution is 5.60. The largest absolute Gasteiger partial charge is 0.356 e. The third kappa shape index (κ3) is 2.36. The van der Waals surface area contributed by atoms with Crippen LogP contribution in [0.4, 0.5) is 0 Å². The summed E-state index contributed by atoms with van der Waals surface area (Å²) in [5.74, 6) is 0.701. The fourth-order valence-corrected chi connectivity index (χ4v) is 1.51. The monoisotopic (exact) mass is 226 g/mol. The van der Waals surface area contributed by atoms with Crippen molar-refractivity contribution < 1.29 is 4.52 Å². The van der Waals surface area contributed by atoms with Gasteiger partial charge in [0.25, 0.3) is 0 Å². The number of aromatic nitrogens is 1.